The summed E-state index contributed by atoms with van der Waals surface area (Å²) in [5, 5.41) is 8.14. The van der Waals surface area contributed by atoms with E-state index in [9.17, 15) is 14.0 Å². The Morgan fingerprint density at radius 3 is 2.23 bits per heavy atom. The summed E-state index contributed by atoms with van der Waals surface area (Å²) in [6.45, 7) is 5.33. The highest BCUT2D eigenvalue weighted by Crippen LogP contribution is 2.39. The summed E-state index contributed by atoms with van der Waals surface area (Å²) in [6, 6.07) is 6.79. The van der Waals surface area contributed by atoms with E-state index in [1.165, 1.54) is 0 Å². The summed E-state index contributed by atoms with van der Waals surface area (Å²) in [6.07, 6.45) is 0.310. The lowest BCUT2D eigenvalue weighted by molar-refractivity contribution is -0.133. The summed E-state index contributed by atoms with van der Waals surface area (Å²) < 4.78 is 54.7. The number of nitrogens with zero attached hydrogens (tertiary/aromatic N) is 2. The second-order valence-electron chi connectivity index (χ2n) is 8.47. The zero-order valence-corrected chi connectivity index (χ0v) is 20.2. The van der Waals surface area contributed by atoms with Crippen LogP contribution in [-0.2, 0) is 16.1 Å². The Bertz CT molecular complexity index is 1150. The van der Waals surface area contributed by atoms with Crippen LogP contribution in [0.4, 0.5) is 18.9 Å². The van der Waals surface area contributed by atoms with Gasteiger partial charge in [0.1, 0.15) is 0 Å². The molecule has 1 heterocycles. The molecule has 2 aromatic rings. The fraction of sp³-hybridized carbons (Fsp3) is 0.400. The normalized spacial score (nSPS) is 15.8. The van der Waals surface area contributed by atoms with E-state index in [1.54, 1.807) is 45.0 Å². The van der Waals surface area contributed by atoms with Gasteiger partial charge >= 0.3 is 0 Å². The Balaban J connectivity index is 1.98. The number of anilines is 1. The first-order chi connectivity index (χ1) is 16.6. The molecule has 2 amide bonds. The van der Waals surface area contributed by atoms with Crippen LogP contribution in [0.2, 0.25) is 0 Å². The Morgan fingerprint density at radius 2 is 1.69 bits per heavy atom. The average Bonchev–Trinajstić information content (AvgIpc) is 2.83. The summed E-state index contributed by atoms with van der Waals surface area (Å²) in [5.74, 6) is -6.54. The lowest BCUT2D eigenvalue weighted by Gasteiger charge is -2.30. The summed E-state index contributed by atoms with van der Waals surface area (Å²) in [4.78, 5) is 24.6. The van der Waals surface area contributed by atoms with Gasteiger partial charge in [0, 0.05) is 23.9 Å². The van der Waals surface area contributed by atoms with E-state index < -0.39 is 40.4 Å². The minimum Gasteiger partial charge on any atom is -0.490 e. The highest BCUT2D eigenvalue weighted by atomic mass is 19.2. The van der Waals surface area contributed by atoms with E-state index in [0.717, 1.165) is 19.2 Å². The predicted molar refractivity (Wildman–Crippen MR) is 125 cm³/mol. The highest BCUT2D eigenvalue weighted by Gasteiger charge is 2.36. The zero-order valence-electron chi connectivity index (χ0n) is 20.2. The smallest absolute Gasteiger partial charge is 0.243 e. The number of carbonyl (C=O) groups excluding carboxylic acids is 2. The number of benzene rings is 2. The van der Waals surface area contributed by atoms with Gasteiger partial charge in [-0.2, -0.15) is 9.49 Å². The van der Waals surface area contributed by atoms with Crippen LogP contribution in [0.15, 0.2) is 29.4 Å². The molecule has 1 atom stereocenters. The van der Waals surface area contributed by atoms with Crippen LogP contribution in [0.3, 0.4) is 0 Å². The fourth-order valence-electron chi connectivity index (χ4n) is 3.76. The van der Waals surface area contributed by atoms with E-state index >= 15 is 8.78 Å². The van der Waals surface area contributed by atoms with Crippen molar-refractivity contribution in [3.05, 3.63) is 52.8 Å². The van der Waals surface area contributed by atoms with Gasteiger partial charge in [0.15, 0.2) is 11.6 Å². The zero-order chi connectivity index (χ0) is 25.9. The third-order valence-electron chi connectivity index (χ3n) is 5.80. The van der Waals surface area contributed by atoms with Gasteiger partial charge in [0.25, 0.3) is 0 Å². The number of carbonyl (C=O) groups is 2. The van der Waals surface area contributed by atoms with Crippen LogP contribution in [0, 0.1) is 29.3 Å². The Morgan fingerprint density at radius 1 is 1.09 bits per heavy atom. The molecule has 0 fully saturated rings. The van der Waals surface area contributed by atoms with Gasteiger partial charge in [-0.1, -0.05) is 32.9 Å². The Labute approximate surface area is 201 Å². The minimum absolute atomic E-state index is 0.0240. The van der Waals surface area contributed by atoms with Crippen molar-refractivity contribution >= 4 is 23.2 Å². The molecule has 0 saturated carbocycles. The number of halogens is 3. The van der Waals surface area contributed by atoms with Crippen LogP contribution in [0.1, 0.15) is 44.7 Å². The van der Waals surface area contributed by atoms with Crippen LogP contribution in [0.5, 0.6) is 11.5 Å². The van der Waals surface area contributed by atoms with Crippen LogP contribution in [-0.4, -0.2) is 36.8 Å². The van der Waals surface area contributed by atoms with E-state index in [-0.39, 0.29) is 36.4 Å². The topological polar surface area (TPSA) is 80.2 Å². The molecule has 10 heteroatoms. The van der Waals surface area contributed by atoms with Crippen molar-refractivity contribution in [2.75, 3.05) is 19.5 Å². The third-order valence-corrected chi connectivity index (χ3v) is 5.80. The van der Waals surface area contributed by atoms with Crippen molar-refractivity contribution in [2.45, 2.75) is 40.2 Å². The molecule has 188 valence electrons. The first kappa shape index (κ1) is 26.1. The Kier molecular flexibility index (Phi) is 8.03. The molecule has 1 aliphatic heterocycles. The van der Waals surface area contributed by atoms with Crippen molar-refractivity contribution in [3.8, 4) is 11.5 Å². The number of methoxy groups -OCH3 is 2. The molecular weight excluding hydrogens is 463 g/mol. The predicted octanol–water partition coefficient (Wildman–Crippen LogP) is 4.88. The van der Waals surface area contributed by atoms with Crippen LogP contribution in [0.25, 0.3) is 0 Å². The van der Waals surface area contributed by atoms with E-state index in [1.807, 2.05) is 0 Å². The number of hydrogen-bond acceptors (Lipinski definition) is 5. The second kappa shape index (κ2) is 10.8. The van der Waals surface area contributed by atoms with Crippen molar-refractivity contribution < 1.29 is 32.2 Å². The average molecular weight is 492 g/mol. The third kappa shape index (κ3) is 5.26. The lowest BCUT2D eigenvalue weighted by atomic mass is 9.89. The Hall–Kier alpha value is -3.56. The van der Waals surface area contributed by atoms with Crippen LogP contribution >= 0.6 is 0 Å². The molecule has 1 aliphatic rings. The van der Waals surface area contributed by atoms with Gasteiger partial charge in [-0.05, 0) is 24.1 Å². The summed E-state index contributed by atoms with van der Waals surface area (Å²) >= 11 is 0. The van der Waals surface area contributed by atoms with Crippen molar-refractivity contribution in [1.29, 1.82) is 0 Å². The maximum absolute atomic E-state index is 15.3. The standard InChI is InChI=1S/C25H28F3N3O4/c1-6-15-11-17(32)31(12-14-7-9-16(10-8-14)29-25(33)13(2)3)30-22(15)18-19(26)21(28)24(35-5)23(34-4)20(18)27/h7-10,13,15H,6,11-12H2,1-5H3,(H,29,33). The largest absolute Gasteiger partial charge is 0.490 e. The van der Waals surface area contributed by atoms with E-state index in [2.05, 4.69) is 10.4 Å². The number of rotatable bonds is 8. The molecule has 7 nitrogen and oxygen atoms in total. The minimum atomic E-state index is -1.46. The molecule has 1 N–H and O–H groups in total. The summed E-state index contributed by atoms with van der Waals surface area (Å²) in [7, 11) is 2.19. The molecular formula is C25H28F3N3O4. The van der Waals surface area contributed by atoms with Gasteiger partial charge in [-0.25, -0.2) is 13.8 Å². The van der Waals surface area contributed by atoms with Crippen molar-refractivity contribution in [1.82, 2.24) is 5.01 Å². The number of hydrazone groups is 1. The quantitative estimate of drug-likeness (QED) is 0.534. The van der Waals surface area contributed by atoms with Gasteiger partial charge in [-0.3, -0.25) is 9.59 Å². The molecule has 0 saturated heterocycles. The molecule has 0 spiro atoms. The molecule has 0 aliphatic carbocycles. The number of nitrogens with one attached hydrogen (secondary N) is 1. The fourth-order valence-corrected chi connectivity index (χ4v) is 3.76. The SMILES string of the molecule is CCC1CC(=O)N(Cc2ccc(NC(=O)C(C)C)cc2)N=C1c1c(F)c(F)c(OC)c(OC)c1F. The molecule has 2 aromatic carbocycles. The highest BCUT2D eigenvalue weighted by molar-refractivity contribution is 6.06. The van der Waals surface area contributed by atoms with E-state index in [4.69, 9.17) is 9.47 Å². The van der Waals surface area contributed by atoms with Gasteiger partial charge in [0.05, 0.1) is 32.0 Å². The molecule has 35 heavy (non-hydrogen) atoms. The molecule has 0 bridgehead atoms. The van der Waals surface area contributed by atoms with Crippen molar-refractivity contribution in [2.24, 2.45) is 16.9 Å². The molecule has 0 radical (unpaired) electrons. The number of ether oxygens (including phenoxy) is 2. The van der Waals surface area contributed by atoms with Gasteiger partial charge < -0.3 is 14.8 Å². The van der Waals surface area contributed by atoms with Gasteiger partial charge in [-0.15, -0.1) is 0 Å². The monoisotopic (exact) mass is 491 g/mol. The molecule has 1 unspecified atom stereocenters. The first-order valence-corrected chi connectivity index (χ1v) is 11.2. The lowest BCUT2D eigenvalue weighted by Crippen LogP contribution is -2.37. The number of amides is 2. The van der Waals surface area contributed by atoms with Gasteiger partial charge in [0.2, 0.25) is 29.1 Å². The maximum Gasteiger partial charge on any atom is 0.243 e. The van der Waals surface area contributed by atoms with Crippen molar-refractivity contribution in [3.63, 3.8) is 0 Å². The second-order valence-corrected chi connectivity index (χ2v) is 8.47. The van der Waals surface area contributed by atoms with Crippen LogP contribution < -0.4 is 14.8 Å². The first-order valence-electron chi connectivity index (χ1n) is 11.2. The number of hydrogen-bond donors (Lipinski definition) is 1. The molecule has 0 aromatic heterocycles. The van der Waals surface area contributed by atoms with E-state index in [0.29, 0.717) is 17.7 Å². The maximum atomic E-state index is 15.3. The summed E-state index contributed by atoms with van der Waals surface area (Å²) in [5.41, 5.74) is 0.509. The molecule has 3 rings (SSSR count).